The molecule has 0 amide bonds. The summed E-state index contributed by atoms with van der Waals surface area (Å²) in [6, 6.07) is 16.1. The number of fused-ring (bicyclic) bond motifs is 1. The molecule has 0 radical (unpaired) electrons. The van der Waals surface area contributed by atoms with Crippen LogP contribution in [0.1, 0.15) is 32.7 Å². The minimum atomic E-state index is -4.04. The molecular weight excluding hydrogens is 412 g/mol. The summed E-state index contributed by atoms with van der Waals surface area (Å²) in [5, 5.41) is 0. The first-order chi connectivity index (χ1) is 14.7. The standard InChI is InChI=1S/C24H22N2O4S/c1-16-9-11-19(12-10-16)31(29,30)26-14-17(2)22-20(13-21(27)24(28)23(22)26)25(3)15-18-7-5-4-6-8-18/h4-14H,15H2,1-3H3. The quantitative estimate of drug-likeness (QED) is 0.574. The molecule has 4 rings (SSSR count). The van der Waals surface area contributed by atoms with Crippen molar-refractivity contribution >= 4 is 27.3 Å². The van der Waals surface area contributed by atoms with E-state index in [1.54, 1.807) is 19.1 Å². The first-order valence-electron chi connectivity index (χ1n) is 9.80. The maximum absolute atomic E-state index is 13.3. The summed E-state index contributed by atoms with van der Waals surface area (Å²) in [6.45, 7) is 4.11. The summed E-state index contributed by atoms with van der Waals surface area (Å²) < 4.78 is 27.6. The molecule has 0 unspecified atom stereocenters. The van der Waals surface area contributed by atoms with Crippen LogP contribution in [0.15, 0.2) is 71.8 Å². The number of ketones is 2. The van der Waals surface area contributed by atoms with Crippen molar-refractivity contribution < 1.29 is 18.0 Å². The highest BCUT2D eigenvalue weighted by Crippen LogP contribution is 2.34. The molecule has 1 heterocycles. The lowest BCUT2D eigenvalue weighted by atomic mass is 9.96. The van der Waals surface area contributed by atoms with E-state index in [1.165, 1.54) is 24.4 Å². The maximum Gasteiger partial charge on any atom is 0.268 e. The summed E-state index contributed by atoms with van der Waals surface area (Å²) in [5.74, 6) is -1.56. The number of hydrogen-bond acceptors (Lipinski definition) is 5. The van der Waals surface area contributed by atoms with E-state index in [9.17, 15) is 18.0 Å². The summed E-state index contributed by atoms with van der Waals surface area (Å²) in [5.41, 5.74) is 3.44. The fourth-order valence-electron chi connectivity index (χ4n) is 3.77. The molecule has 158 valence electrons. The second-order valence-corrected chi connectivity index (χ2v) is 9.53. The van der Waals surface area contributed by atoms with E-state index in [0.29, 0.717) is 23.4 Å². The molecule has 1 aromatic heterocycles. The molecule has 1 aliphatic rings. The van der Waals surface area contributed by atoms with Gasteiger partial charge < -0.3 is 4.90 Å². The number of carbonyl (C=O) groups excluding carboxylic acids is 2. The van der Waals surface area contributed by atoms with Crippen LogP contribution in [0.25, 0.3) is 5.70 Å². The Bertz CT molecular complexity index is 1320. The molecule has 2 aromatic carbocycles. The minimum Gasteiger partial charge on any atom is -0.370 e. The Kier molecular flexibility index (Phi) is 5.15. The minimum absolute atomic E-state index is 0.0601. The number of benzene rings is 2. The van der Waals surface area contributed by atoms with Gasteiger partial charge in [-0.15, -0.1) is 0 Å². The van der Waals surface area contributed by atoms with Crippen molar-refractivity contribution in [1.29, 1.82) is 0 Å². The monoisotopic (exact) mass is 434 g/mol. The Labute approximate surface area is 181 Å². The van der Waals surface area contributed by atoms with Crippen LogP contribution in [-0.2, 0) is 21.4 Å². The fraction of sp³-hybridized carbons (Fsp3) is 0.167. The average molecular weight is 435 g/mol. The van der Waals surface area contributed by atoms with Crippen molar-refractivity contribution in [3.63, 3.8) is 0 Å². The molecular formula is C24H22N2O4S. The van der Waals surface area contributed by atoms with Crippen LogP contribution in [-0.4, -0.2) is 35.9 Å². The van der Waals surface area contributed by atoms with E-state index in [4.69, 9.17) is 0 Å². The third kappa shape index (κ3) is 3.61. The second kappa shape index (κ2) is 7.67. The van der Waals surface area contributed by atoms with Crippen molar-refractivity contribution in [2.45, 2.75) is 25.3 Å². The Morgan fingerprint density at radius 3 is 2.23 bits per heavy atom. The lowest BCUT2D eigenvalue weighted by Gasteiger charge is -2.26. The Balaban J connectivity index is 1.83. The van der Waals surface area contributed by atoms with Crippen molar-refractivity contribution in [1.82, 2.24) is 8.87 Å². The van der Waals surface area contributed by atoms with E-state index in [1.807, 2.05) is 49.2 Å². The fourth-order valence-corrected chi connectivity index (χ4v) is 5.19. The number of hydrogen-bond donors (Lipinski definition) is 0. The number of nitrogens with zero attached hydrogens (tertiary/aromatic N) is 2. The van der Waals surface area contributed by atoms with Gasteiger partial charge in [0.1, 0.15) is 5.69 Å². The molecule has 0 aliphatic heterocycles. The van der Waals surface area contributed by atoms with Gasteiger partial charge in [0.05, 0.1) is 10.6 Å². The van der Waals surface area contributed by atoms with Gasteiger partial charge in [0, 0.05) is 31.4 Å². The van der Waals surface area contributed by atoms with Gasteiger partial charge in [-0.2, -0.15) is 0 Å². The van der Waals surface area contributed by atoms with Gasteiger partial charge in [0.2, 0.25) is 5.78 Å². The molecule has 0 atom stereocenters. The van der Waals surface area contributed by atoms with E-state index in [2.05, 4.69) is 0 Å². The zero-order chi connectivity index (χ0) is 22.3. The predicted molar refractivity (Wildman–Crippen MR) is 118 cm³/mol. The Morgan fingerprint density at radius 1 is 0.935 bits per heavy atom. The van der Waals surface area contributed by atoms with Crippen molar-refractivity contribution in [2.24, 2.45) is 0 Å². The molecule has 0 bridgehead atoms. The second-order valence-electron chi connectivity index (χ2n) is 7.71. The van der Waals surface area contributed by atoms with Gasteiger partial charge in [-0.25, -0.2) is 12.4 Å². The lowest BCUT2D eigenvalue weighted by Crippen LogP contribution is -2.29. The molecule has 1 aliphatic carbocycles. The topological polar surface area (TPSA) is 76.5 Å². The van der Waals surface area contributed by atoms with Crippen LogP contribution < -0.4 is 0 Å². The maximum atomic E-state index is 13.3. The van der Waals surface area contributed by atoms with E-state index in [-0.39, 0.29) is 10.6 Å². The summed E-state index contributed by atoms with van der Waals surface area (Å²) in [7, 11) is -2.23. The largest absolute Gasteiger partial charge is 0.370 e. The molecule has 0 fully saturated rings. The molecule has 0 spiro atoms. The molecule has 7 heteroatoms. The van der Waals surface area contributed by atoms with Crippen molar-refractivity contribution in [3.8, 4) is 0 Å². The molecule has 6 nitrogen and oxygen atoms in total. The molecule has 0 saturated heterocycles. The predicted octanol–water partition coefficient (Wildman–Crippen LogP) is 3.58. The SMILES string of the molecule is Cc1ccc(S(=O)(=O)n2cc(C)c3c2C(=O)C(=O)C=C3N(C)Cc2ccccc2)cc1. The van der Waals surface area contributed by atoms with Crippen LogP contribution in [0, 0.1) is 13.8 Å². The third-order valence-corrected chi connectivity index (χ3v) is 7.05. The Morgan fingerprint density at radius 2 is 1.58 bits per heavy atom. The lowest BCUT2D eigenvalue weighted by molar-refractivity contribution is -0.111. The van der Waals surface area contributed by atoms with Gasteiger partial charge >= 0.3 is 0 Å². The molecule has 3 aromatic rings. The van der Waals surface area contributed by atoms with E-state index < -0.39 is 21.6 Å². The van der Waals surface area contributed by atoms with Gasteiger partial charge in [-0.05, 0) is 37.1 Å². The highest BCUT2D eigenvalue weighted by molar-refractivity contribution is 7.90. The first-order valence-corrected chi connectivity index (χ1v) is 11.2. The normalized spacial score (nSPS) is 13.7. The number of rotatable bonds is 5. The highest BCUT2D eigenvalue weighted by Gasteiger charge is 2.36. The van der Waals surface area contributed by atoms with Crippen LogP contribution in [0.5, 0.6) is 0 Å². The van der Waals surface area contributed by atoms with Crippen LogP contribution in [0.2, 0.25) is 0 Å². The van der Waals surface area contributed by atoms with E-state index in [0.717, 1.165) is 15.1 Å². The zero-order valence-electron chi connectivity index (χ0n) is 17.5. The number of carbonyl (C=O) groups is 2. The summed E-state index contributed by atoms with van der Waals surface area (Å²) in [6.07, 6.45) is 2.71. The zero-order valence-corrected chi connectivity index (χ0v) is 18.3. The average Bonchev–Trinajstić information content (AvgIpc) is 3.10. The summed E-state index contributed by atoms with van der Waals surface area (Å²) in [4.78, 5) is 27.3. The van der Waals surface area contributed by atoms with Crippen molar-refractivity contribution in [2.75, 3.05) is 7.05 Å². The van der Waals surface area contributed by atoms with Crippen molar-refractivity contribution in [3.05, 3.63) is 94.8 Å². The summed E-state index contributed by atoms with van der Waals surface area (Å²) >= 11 is 0. The van der Waals surface area contributed by atoms with Crippen LogP contribution >= 0.6 is 0 Å². The van der Waals surface area contributed by atoms with Crippen LogP contribution in [0.3, 0.4) is 0 Å². The van der Waals surface area contributed by atoms with Crippen LogP contribution in [0.4, 0.5) is 0 Å². The smallest absolute Gasteiger partial charge is 0.268 e. The van der Waals surface area contributed by atoms with Gasteiger partial charge in [0.15, 0.2) is 0 Å². The Hall–Kier alpha value is -3.45. The molecule has 0 N–H and O–H groups in total. The molecule has 31 heavy (non-hydrogen) atoms. The number of aromatic nitrogens is 1. The number of allylic oxidation sites excluding steroid dienone is 1. The molecule has 0 saturated carbocycles. The van der Waals surface area contributed by atoms with Gasteiger partial charge in [-0.3, -0.25) is 9.59 Å². The first kappa shape index (κ1) is 20.8. The number of Topliss-reactive ketones (excluding diaryl/α,β-unsaturated/α-hetero) is 1. The van der Waals surface area contributed by atoms with Gasteiger partial charge in [-0.1, -0.05) is 48.0 Å². The van der Waals surface area contributed by atoms with E-state index >= 15 is 0 Å². The van der Waals surface area contributed by atoms with Gasteiger partial charge in [0.25, 0.3) is 15.8 Å². The number of aryl methyl sites for hydroxylation is 2. The third-order valence-electron chi connectivity index (χ3n) is 5.38. The highest BCUT2D eigenvalue weighted by atomic mass is 32.2.